The Hall–Kier alpha value is -3.56. The zero-order valence-electron chi connectivity index (χ0n) is 21.0. The molecular formula is C27H32N4O5. The first-order chi connectivity index (χ1) is 17.6. The van der Waals surface area contributed by atoms with Crippen LogP contribution >= 0.6 is 0 Å². The number of amides is 1. The van der Waals surface area contributed by atoms with E-state index in [1.54, 1.807) is 14.2 Å². The molecule has 0 radical (unpaired) electrons. The quantitative estimate of drug-likeness (QED) is 0.490. The van der Waals surface area contributed by atoms with Gasteiger partial charge in [-0.2, -0.15) is 5.10 Å². The first-order valence-corrected chi connectivity index (χ1v) is 12.3. The van der Waals surface area contributed by atoms with E-state index < -0.39 is 0 Å². The fourth-order valence-electron chi connectivity index (χ4n) is 4.95. The third-order valence-electron chi connectivity index (χ3n) is 6.79. The van der Waals surface area contributed by atoms with E-state index in [2.05, 4.69) is 15.1 Å². The van der Waals surface area contributed by atoms with Gasteiger partial charge in [0.05, 0.1) is 45.8 Å². The number of rotatable bonds is 9. The van der Waals surface area contributed by atoms with E-state index in [1.807, 2.05) is 54.3 Å². The zero-order valence-corrected chi connectivity index (χ0v) is 21.0. The highest BCUT2D eigenvalue weighted by molar-refractivity contribution is 6.00. The maximum absolute atomic E-state index is 13.7. The molecule has 36 heavy (non-hydrogen) atoms. The third-order valence-corrected chi connectivity index (χ3v) is 6.79. The minimum absolute atomic E-state index is 0.0524. The van der Waals surface area contributed by atoms with Gasteiger partial charge < -0.3 is 23.8 Å². The molecule has 2 aliphatic rings. The Balaban J connectivity index is 1.55. The highest BCUT2D eigenvalue weighted by Gasteiger charge is 2.42. The summed E-state index contributed by atoms with van der Waals surface area (Å²) in [4.78, 5) is 17.9. The molecule has 3 aromatic rings. The van der Waals surface area contributed by atoms with Gasteiger partial charge in [0.15, 0.2) is 11.5 Å². The lowest BCUT2D eigenvalue weighted by molar-refractivity contribution is 0.0316. The number of aromatic amines is 1. The van der Waals surface area contributed by atoms with E-state index in [1.165, 1.54) is 0 Å². The molecule has 1 N–H and O–H groups in total. The standard InChI is InChI=1S/C27H32N4O5/c1-4-36-21-10-7-19(17-22(21)34-3)26-23-24(18-5-8-20(33-2)9-6-18)28-29-25(23)27(32)31(26)12-11-30-13-15-35-16-14-30/h5-10,17,26H,4,11-16H2,1-3H3,(H,28,29). The van der Waals surface area contributed by atoms with Gasteiger partial charge in [-0.15, -0.1) is 0 Å². The Morgan fingerprint density at radius 3 is 2.50 bits per heavy atom. The van der Waals surface area contributed by atoms with E-state index in [4.69, 9.17) is 18.9 Å². The Kier molecular flexibility index (Phi) is 7.11. The van der Waals surface area contributed by atoms with Crippen LogP contribution in [-0.4, -0.2) is 86.1 Å². The molecule has 9 heteroatoms. The van der Waals surface area contributed by atoms with Crippen molar-refractivity contribution in [2.24, 2.45) is 0 Å². The van der Waals surface area contributed by atoms with Crippen LogP contribution in [0.25, 0.3) is 11.3 Å². The first-order valence-electron chi connectivity index (χ1n) is 12.3. The van der Waals surface area contributed by atoms with Gasteiger partial charge >= 0.3 is 0 Å². The summed E-state index contributed by atoms with van der Waals surface area (Å²) in [5.74, 6) is 2.03. The van der Waals surface area contributed by atoms with Gasteiger partial charge in [-0.05, 0) is 48.9 Å². The van der Waals surface area contributed by atoms with Gasteiger partial charge in [-0.25, -0.2) is 0 Å². The Labute approximate surface area is 210 Å². The molecule has 2 aliphatic heterocycles. The second-order valence-corrected chi connectivity index (χ2v) is 8.79. The number of hydrogen-bond donors (Lipinski definition) is 1. The molecule has 1 aromatic heterocycles. The highest BCUT2D eigenvalue weighted by Crippen LogP contribution is 2.44. The molecule has 9 nitrogen and oxygen atoms in total. The predicted molar refractivity (Wildman–Crippen MR) is 135 cm³/mol. The average molecular weight is 493 g/mol. The number of aromatic nitrogens is 2. The molecule has 190 valence electrons. The number of methoxy groups -OCH3 is 2. The smallest absolute Gasteiger partial charge is 0.273 e. The zero-order chi connectivity index (χ0) is 25.1. The van der Waals surface area contributed by atoms with Crippen LogP contribution in [0.15, 0.2) is 42.5 Å². The number of nitrogens with one attached hydrogen (secondary N) is 1. The molecule has 0 saturated carbocycles. The van der Waals surface area contributed by atoms with Gasteiger partial charge in [-0.1, -0.05) is 6.07 Å². The lowest BCUT2D eigenvalue weighted by Gasteiger charge is -2.31. The maximum atomic E-state index is 13.7. The van der Waals surface area contributed by atoms with Crippen LogP contribution in [0.2, 0.25) is 0 Å². The summed E-state index contributed by atoms with van der Waals surface area (Å²) in [5, 5.41) is 7.60. The van der Waals surface area contributed by atoms with Gasteiger partial charge in [0.1, 0.15) is 11.4 Å². The van der Waals surface area contributed by atoms with E-state index >= 15 is 0 Å². The fraction of sp³-hybridized carbons (Fsp3) is 0.407. The predicted octanol–water partition coefficient (Wildman–Crippen LogP) is 3.37. The number of ether oxygens (including phenoxy) is 4. The summed E-state index contributed by atoms with van der Waals surface area (Å²) in [6.07, 6.45) is 0. The second kappa shape index (κ2) is 10.6. The minimum Gasteiger partial charge on any atom is -0.497 e. The Morgan fingerprint density at radius 1 is 1.03 bits per heavy atom. The molecule has 2 aromatic carbocycles. The number of hydrogen-bond acceptors (Lipinski definition) is 7. The van der Waals surface area contributed by atoms with E-state index in [-0.39, 0.29) is 11.9 Å². The van der Waals surface area contributed by atoms with Crippen molar-refractivity contribution in [3.05, 3.63) is 59.3 Å². The maximum Gasteiger partial charge on any atom is 0.273 e. The summed E-state index contributed by atoms with van der Waals surface area (Å²) in [6.45, 7) is 7.02. The summed E-state index contributed by atoms with van der Waals surface area (Å²) in [5.41, 5.74) is 4.02. The van der Waals surface area contributed by atoms with E-state index in [9.17, 15) is 4.79 Å². The lowest BCUT2D eigenvalue weighted by atomic mass is 9.95. The number of H-pyrrole nitrogens is 1. The second-order valence-electron chi connectivity index (χ2n) is 8.79. The van der Waals surface area contributed by atoms with Gasteiger partial charge in [0, 0.05) is 37.3 Å². The van der Waals surface area contributed by atoms with Crippen LogP contribution in [0, 0.1) is 0 Å². The van der Waals surface area contributed by atoms with Crippen LogP contribution < -0.4 is 14.2 Å². The number of carbonyl (C=O) groups is 1. The van der Waals surface area contributed by atoms with Crippen LogP contribution in [0.3, 0.4) is 0 Å². The van der Waals surface area contributed by atoms with Crippen molar-refractivity contribution in [3.63, 3.8) is 0 Å². The average Bonchev–Trinajstić information content (AvgIpc) is 3.47. The molecule has 3 heterocycles. The molecule has 0 aliphatic carbocycles. The lowest BCUT2D eigenvalue weighted by Crippen LogP contribution is -2.42. The van der Waals surface area contributed by atoms with Crippen LogP contribution in [0.5, 0.6) is 17.2 Å². The van der Waals surface area contributed by atoms with Crippen molar-refractivity contribution in [2.45, 2.75) is 13.0 Å². The van der Waals surface area contributed by atoms with Crippen LogP contribution in [0.4, 0.5) is 0 Å². The third kappa shape index (κ3) is 4.52. The number of morpholine rings is 1. The van der Waals surface area contributed by atoms with Crippen LogP contribution in [0.1, 0.15) is 34.6 Å². The minimum atomic E-state index is -0.311. The molecule has 1 saturated heterocycles. The molecule has 5 rings (SSSR count). The molecule has 1 atom stereocenters. The highest BCUT2D eigenvalue weighted by atomic mass is 16.5. The monoisotopic (exact) mass is 492 g/mol. The van der Waals surface area contributed by atoms with E-state index in [0.29, 0.717) is 30.3 Å². The van der Waals surface area contributed by atoms with Gasteiger partial charge in [0.2, 0.25) is 0 Å². The van der Waals surface area contributed by atoms with Crippen molar-refractivity contribution in [3.8, 4) is 28.5 Å². The van der Waals surface area contributed by atoms with Gasteiger partial charge in [0.25, 0.3) is 5.91 Å². The van der Waals surface area contributed by atoms with E-state index in [0.717, 1.165) is 61.0 Å². The number of carbonyl (C=O) groups excluding carboxylic acids is 1. The molecular weight excluding hydrogens is 460 g/mol. The number of nitrogens with zero attached hydrogens (tertiary/aromatic N) is 3. The topological polar surface area (TPSA) is 89.2 Å². The number of fused-ring (bicyclic) bond motifs is 1. The molecule has 0 spiro atoms. The van der Waals surface area contributed by atoms with Crippen molar-refractivity contribution in [1.82, 2.24) is 20.0 Å². The molecule has 1 fully saturated rings. The molecule has 1 unspecified atom stereocenters. The van der Waals surface area contributed by atoms with Crippen molar-refractivity contribution in [2.75, 3.05) is 60.2 Å². The summed E-state index contributed by atoms with van der Waals surface area (Å²) in [7, 11) is 3.27. The summed E-state index contributed by atoms with van der Waals surface area (Å²) in [6, 6.07) is 13.3. The summed E-state index contributed by atoms with van der Waals surface area (Å²) < 4.78 is 22.2. The van der Waals surface area contributed by atoms with Gasteiger partial charge in [-0.3, -0.25) is 14.8 Å². The van der Waals surface area contributed by atoms with Crippen molar-refractivity contribution >= 4 is 5.91 Å². The molecule has 0 bridgehead atoms. The normalized spacial score (nSPS) is 17.8. The number of benzene rings is 2. The van der Waals surface area contributed by atoms with Crippen molar-refractivity contribution < 1.29 is 23.7 Å². The van der Waals surface area contributed by atoms with Crippen LogP contribution in [-0.2, 0) is 4.74 Å². The largest absolute Gasteiger partial charge is 0.497 e. The Morgan fingerprint density at radius 2 is 1.81 bits per heavy atom. The fourth-order valence-corrected chi connectivity index (χ4v) is 4.95. The summed E-state index contributed by atoms with van der Waals surface area (Å²) >= 11 is 0. The SMILES string of the molecule is CCOc1ccc(C2c3c(-c4ccc(OC)cc4)n[nH]c3C(=O)N2CCN2CCOCC2)cc1OC. The van der Waals surface area contributed by atoms with Crippen molar-refractivity contribution in [1.29, 1.82) is 0 Å². The molecule has 1 amide bonds. The Bertz CT molecular complexity index is 1200. The first kappa shape index (κ1) is 24.1.